The van der Waals surface area contributed by atoms with Crippen LogP contribution in [0.5, 0.6) is 5.75 Å². The number of hydrogen-bond donors (Lipinski definition) is 2. The molecule has 0 saturated heterocycles. The smallest absolute Gasteiger partial charge is 0.277 e. The number of nitrogens with one attached hydrogen (secondary N) is 2. The number of benzene rings is 1. The van der Waals surface area contributed by atoms with Gasteiger partial charge in [0.05, 0.1) is 19.5 Å². The summed E-state index contributed by atoms with van der Waals surface area (Å²) >= 11 is 0. The molecule has 0 radical (unpaired) electrons. The van der Waals surface area contributed by atoms with Crippen LogP contribution in [0.25, 0.3) is 0 Å². The maximum Gasteiger partial charge on any atom is 0.277 e. The van der Waals surface area contributed by atoms with Crippen molar-refractivity contribution in [2.75, 3.05) is 24.3 Å². The molecule has 0 saturated carbocycles. The summed E-state index contributed by atoms with van der Waals surface area (Å²) in [5, 5.41) is 9.48. The zero-order valence-electron chi connectivity index (χ0n) is 14.5. The van der Waals surface area contributed by atoms with Gasteiger partial charge >= 0.3 is 0 Å². The zero-order chi connectivity index (χ0) is 18.4. The Morgan fingerprint density at radius 3 is 2.73 bits per heavy atom. The van der Waals surface area contributed by atoms with Crippen molar-refractivity contribution >= 4 is 17.5 Å². The standard InChI is InChI=1S/C18H19N5O3/c1-12-9-16(23-26-12)22-18(24)14-10-21-17(11-20-14)19-8-7-13-5-3-4-6-15(13)25-2/h3-6,9-11H,7-8H2,1-2H3,(H,19,21)(H,22,23,24). The largest absolute Gasteiger partial charge is 0.496 e. The van der Waals surface area contributed by atoms with Crippen molar-refractivity contribution in [2.24, 2.45) is 0 Å². The quantitative estimate of drug-likeness (QED) is 0.673. The van der Waals surface area contributed by atoms with Gasteiger partial charge < -0.3 is 19.9 Å². The molecule has 0 atom stereocenters. The maximum absolute atomic E-state index is 12.1. The zero-order valence-corrected chi connectivity index (χ0v) is 14.5. The van der Waals surface area contributed by atoms with E-state index in [9.17, 15) is 4.79 Å². The van der Waals surface area contributed by atoms with Gasteiger partial charge in [-0.05, 0) is 25.0 Å². The van der Waals surface area contributed by atoms with Crippen LogP contribution in [0.4, 0.5) is 11.6 Å². The minimum atomic E-state index is -0.397. The van der Waals surface area contributed by atoms with E-state index < -0.39 is 5.91 Å². The predicted molar refractivity (Wildman–Crippen MR) is 96.4 cm³/mol. The summed E-state index contributed by atoms with van der Waals surface area (Å²) in [6, 6.07) is 9.48. The molecule has 26 heavy (non-hydrogen) atoms. The van der Waals surface area contributed by atoms with Gasteiger partial charge in [-0.15, -0.1) is 0 Å². The Balaban J connectivity index is 1.53. The first kappa shape index (κ1) is 17.4. The van der Waals surface area contributed by atoms with Crippen molar-refractivity contribution < 1.29 is 14.1 Å². The number of carbonyl (C=O) groups is 1. The highest BCUT2D eigenvalue weighted by Gasteiger charge is 2.11. The maximum atomic E-state index is 12.1. The van der Waals surface area contributed by atoms with E-state index in [1.54, 1.807) is 20.1 Å². The molecule has 2 heterocycles. The number of aryl methyl sites for hydroxylation is 1. The predicted octanol–water partition coefficient (Wildman–Crippen LogP) is 2.69. The van der Waals surface area contributed by atoms with Crippen molar-refractivity contribution in [3.05, 3.63) is 59.7 Å². The van der Waals surface area contributed by atoms with Crippen molar-refractivity contribution in [1.29, 1.82) is 0 Å². The lowest BCUT2D eigenvalue weighted by atomic mass is 10.1. The Morgan fingerprint density at radius 1 is 1.19 bits per heavy atom. The van der Waals surface area contributed by atoms with Crippen LogP contribution in [-0.2, 0) is 6.42 Å². The van der Waals surface area contributed by atoms with Crippen LogP contribution in [0.1, 0.15) is 21.8 Å². The molecular formula is C18H19N5O3. The minimum absolute atomic E-state index is 0.195. The molecule has 0 unspecified atom stereocenters. The SMILES string of the molecule is COc1ccccc1CCNc1cnc(C(=O)Nc2cc(C)on2)cn1. The molecule has 0 bridgehead atoms. The summed E-state index contributed by atoms with van der Waals surface area (Å²) in [6.07, 6.45) is 3.71. The van der Waals surface area contributed by atoms with Gasteiger partial charge in [0.2, 0.25) is 0 Å². The third-order valence-electron chi connectivity index (χ3n) is 3.65. The minimum Gasteiger partial charge on any atom is -0.496 e. The Morgan fingerprint density at radius 2 is 2.04 bits per heavy atom. The van der Waals surface area contributed by atoms with E-state index in [-0.39, 0.29) is 5.69 Å². The first-order valence-electron chi connectivity index (χ1n) is 8.08. The number of carbonyl (C=O) groups excluding carboxylic acids is 1. The van der Waals surface area contributed by atoms with Crippen molar-refractivity contribution in [1.82, 2.24) is 15.1 Å². The molecule has 0 fully saturated rings. The lowest BCUT2D eigenvalue weighted by molar-refractivity contribution is 0.102. The molecule has 0 aliphatic rings. The molecule has 1 aromatic carbocycles. The van der Waals surface area contributed by atoms with Crippen LogP contribution in [-0.4, -0.2) is 34.7 Å². The van der Waals surface area contributed by atoms with Gasteiger partial charge in [0, 0.05) is 12.6 Å². The number of hydrogen-bond acceptors (Lipinski definition) is 7. The molecule has 3 aromatic rings. The summed E-state index contributed by atoms with van der Waals surface area (Å²) in [4.78, 5) is 20.4. The Bertz CT molecular complexity index is 877. The van der Waals surface area contributed by atoms with Gasteiger partial charge in [0.1, 0.15) is 23.0 Å². The number of para-hydroxylation sites is 1. The molecule has 0 aliphatic carbocycles. The Kier molecular flexibility index (Phi) is 5.43. The highest BCUT2D eigenvalue weighted by molar-refractivity contribution is 6.02. The van der Waals surface area contributed by atoms with E-state index >= 15 is 0 Å². The first-order valence-corrected chi connectivity index (χ1v) is 8.08. The third kappa shape index (κ3) is 4.35. The van der Waals surface area contributed by atoms with Crippen LogP contribution in [0.15, 0.2) is 47.2 Å². The number of methoxy groups -OCH3 is 1. The van der Waals surface area contributed by atoms with Gasteiger partial charge in [-0.3, -0.25) is 4.79 Å². The monoisotopic (exact) mass is 353 g/mol. The van der Waals surface area contributed by atoms with E-state index in [0.29, 0.717) is 23.9 Å². The first-order chi connectivity index (χ1) is 12.7. The van der Waals surface area contributed by atoms with Gasteiger partial charge in [0.15, 0.2) is 5.82 Å². The summed E-state index contributed by atoms with van der Waals surface area (Å²) < 4.78 is 10.2. The van der Waals surface area contributed by atoms with Gasteiger partial charge in [-0.25, -0.2) is 9.97 Å². The second-order valence-corrected chi connectivity index (χ2v) is 5.55. The molecule has 8 heteroatoms. The van der Waals surface area contributed by atoms with E-state index in [0.717, 1.165) is 17.7 Å². The molecule has 2 N–H and O–H groups in total. The van der Waals surface area contributed by atoms with Gasteiger partial charge in [0.25, 0.3) is 5.91 Å². The highest BCUT2D eigenvalue weighted by atomic mass is 16.5. The average molecular weight is 353 g/mol. The van der Waals surface area contributed by atoms with Gasteiger partial charge in [-0.1, -0.05) is 23.4 Å². The molecule has 2 aromatic heterocycles. The third-order valence-corrected chi connectivity index (χ3v) is 3.65. The van der Waals surface area contributed by atoms with Gasteiger partial charge in [-0.2, -0.15) is 0 Å². The number of nitrogens with zero attached hydrogens (tertiary/aromatic N) is 3. The highest BCUT2D eigenvalue weighted by Crippen LogP contribution is 2.17. The molecule has 3 rings (SSSR count). The molecular weight excluding hydrogens is 334 g/mol. The summed E-state index contributed by atoms with van der Waals surface area (Å²) in [5.74, 6) is 2.00. The Hall–Kier alpha value is -3.42. The number of rotatable bonds is 7. The van der Waals surface area contributed by atoms with Crippen molar-refractivity contribution in [3.8, 4) is 5.75 Å². The lowest BCUT2D eigenvalue weighted by Gasteiger charge is -2.09. The van der Waals surface area contributed by atoms with Crippen LogP contribution >= 0.6 is 0 Å². The second-order valence-electron chi connectivity index (χ2n) is 5.55. The van der Waals surface area contributed by atoms with Crippen molar-refractivity contribution in [3.63, 3.8) is 0 Å². The normalized spacial score (nSPS) is 10.4. The van der Waals surface area contributed by atoms with Crippen LogP contribution in [0, 0.1) is 6.92 Å². The Labute approximate surface area is 150 Å². The summed E-state index contributed by atoms with van der Waals surface area (Å²) in [6.45, 7) is 2.41. The topological polar surface area (TPSA) is 102 Å². The molecule has 0 aliphatic heterocycles. The molecule has 1 amide bonds. The number of anilines is 2. The number of aromatic nitrogens is 3. The second kappa shape index (κ2) is 8.11. The number of amides is 1. The summed E-state index contributed by atoms with van der Waals surface area (Å²) in [5.41, 5.74) is 1.30. The molecule has 0 spiro atoms. The van der Waals surface area contributed by atoms with Crippen LogP contribution < -0.4 is 15.4 Å². The van der Waals surface area contributed by atoms with E-state index in [2.05, 4.69) is 25.8 Å². The van der Waals surface area contributed by atoms with Crippen LogP contribution in [0.2, 0.25) is 0 Å². The van der Waals surface area contributed by atoms with E-state index in [4.69, 9.17) is 9.26 Å². The fourth-order valence-electron chi connectivity index (χ4n) is 2.38. The van der Waals surface area contributed by atoms with E-state index in [1.165, 1.54) is 12.4 Å². The summed E-state index contributed by atoms with van der Waals surface area (Å²) in [7, 11) is 1.65. The fraction of sp³-hybridized carbons (Fsp3) is 0.222. The van der Waals surface area contributed by atoms with Crippen molar-refractivity contribution in [2.45, 2.75) is 13.3 Å². The number of ether oxygens (including phenoxy) is 1. The van der Waals surface area contributed by atoms with Crippen LogP contribution in [0.3, 0.4) is 0 Å². The average Bonchev–Trinajstić information content (AvgIpc) is 3.07. The fourth-order valence-corrected chi connectivity index (χ4v) is 2.38. The lowest BCUT2D eigenvalue weighted by Crippen LogP contribution is -2.15. The molecule has 8 nitrogen and oxygen atoms in total. The molecule has 134 valence electrons. The van der Waals surface area contributed by atoms with E-state index in [1.807, 2.05) is 24.3 Å².